The van der Waals surface area contributed by atoms with Crippen molar-refractivity contribution >= 4 is 11.6 Å². The molecule has 2 heterocycles. The number of allylic oxidation sites excluding steroid dienone is 1. The number of carbonyl (C=O) groups excluding carboxylic acids is 1. The zero-order valence-electron chi connectivity index (χ0n) is 21.3. The maximum absolute atomic E-state index is 15.1. The average molecular weight is 526 g/mol. The van der Waals surface area contributed by atoms with Gasteiger partial charge in [0.1, 0.15) is 23.2 Å². The van der Waals surface area contributed by atoms with Gasteiger partial charge in [-0.3, -0.25) is 4.79 Å². The molecule has 0 aromatic heterocycles. The van der Waals surface area contributed by atoms with E-state index in [1.165, 1.54) is 18.2 Å². The Morgan fingerprint density at radius 2 is 1.95 bits per heavy atom. The van der Waals surface area contributed by atoms with Crippen molar-refractivity contribution in [3.8, 4) is 17.6 Å². The summed E-state index contributed by atoms with van der Waals surface area (Å²) in [5, 5.41) is 9.47. The lowest BCUT2D eigenvalue weighted by molar-refractivity contribution is -0.127. The van der Waals surface area contributed by atoms with E-state index in [0.717, 1.165) is 31.0 Å². The Bertz CT molecular complexity index is 1270. The van der Waals surface area contributed by atoms with Crippen LogP contribution in [0.1, 0.15) is 26.7 Å². The monoisotopic (exact) mass is 525 g/mol. The van der Waals surface area contributed by atoms with Crippen LogP contribution in [-0.2, 0) is 4.79 Å². The Morgan fingerprint density at radius 3 is 2.61 bits per heavy atom. The summed E-state index contributed by atoms with van der Waals surface area (Å²) in [6.07, 6.45) is 6.23. The molecule has 200 valence electrons. The number of nitrogens with two attached hydrogens (primary N) is 1. The number of hydrogen-bond donors (Lipinski definition) is 1. The number of benzene rings is 2. The van der Waals surface area contributed by atoms with Crippen LogP contribution >= 0.6 is 0 Å². The SMILES string of the molecule is CC(C)C=C(C#N)C(=O)N1CCC[C@H]1CN1C=CC(N)N(c2ccc(Oc3c(F)cccc3F)cc2F)C1. The minimum Gasteiger partial charge on any atom is -0.451 e. The molecule has 0 saturated carbocycles. The van der Waals surface area contributed by atoms with E-state index in [9.17, 15) is 18.8 Å². The predicted molar refractivity (Wildman–Crippen MR) is 137 cm³/mol. The standard InChI is InChI=1S/C28H30F3N5O2/c1-18(2)13-19(15-32)28(37)35-11-4-5-20(35)16-34-12-10-26(33)36(17-34)25-9-8-21(14-24(25)31)38-27-22(29)6-3-7-23(27)30/h3,6-10,12-14,18,20,26H,4-5,11,16-17,33H2,1-2H3/t20-,26?/m0/s1. The summed E-state index contributed by atoms with van der Waals surface area (Å²) in [6, 6.07) is 9.15. The van der Waals surface area contributed by atoms with Gasteiger partial charge in [-0.1, -0.05) is 26.0 Å². The zero-order chi connectivity index (χ0) is 27.4. The van der Waals surface area contributed by atoms with E-state index in [-0.39, 0.29) is 41.5 Å². The van der Waals surface area contributed by atoms with Gasteiger partial charge in [-0.05, 0) is 49.1 Å². The molecular weight excluding hydrogens is 495 g/mol. The molecule has 1 fully saturated rings. The number of rotatable bonds is 7. The molecule has 10 heteroatoms. The lowest BCUT2D eigenvalue weighted by Gasteiger charge is -2.40. The maximum Gasteiger partial charge on any atom is 0.264 e. The van der Waals surface area contributed by atoms with Crippen molar-refractivity contribution in [3.63, 3.8) is 0 Å². The fourth-order valence-corrected chi connectivity index (χ4v) is 4.70. The van der Waals surface area contributed by atoms with Gasteiger partial charge in [0.05, 0.1) is 18.5 Å². The molecule has 1 amide bonds. The third-order valence-electron chi connectivity index (χ3n) is 6.49. The van der Waals surface area contributed by atoms with Gasteiger partial charge in [-0.15, -0.1) is 0 Å². The Kier molecular flexibility index (Phi) is 8.27. The third kappa shape index (κ3) is 5.94. The molecule has 0 aliphatic carbocycles. The molecule has 7 nitrogen and oxygen atoms in total. The molecule has 2 aromatic rings. The number of amides is 1. The number of carbonyl (C=O) groups is 1. The van der Waals surface area contributed by atoms with E-state index >= 15 is 4.39 Å². The second kappa shape index (κ2) is 11.6. The maximum atomic E-state index is 15.1. The molecule has 4 rings (SSSR count). The quantitative estimate of drug-likeness (QED) is 0.410. The number of anilines is 1. The Balaban J connectivity index is 1.47. The highest BCUT2D eigenvalue weighted by Crippen LogP contribution is 2.32. The number of ether oxygens (including phenoxy) is 1. The van der Waals surface area contributed by atoms with E-state index in [1.807, 2.05) is 31.0 Å². The lowest BCUT2D eigenvalue weighted by atomic mass is 10.1. The summed E-state index contributed by atoms with van der Waals surface area (Å²) in [7, 11) is 0. The molecular formula is C28H30F3N5O2. The fraction of sp³-hybridized carbons (Fsp3) is 0.357. The van der Waals surface area contributed by atoms with E-state index in [2.05, 4.69) is 0 Å². The first-order chi connectivity index (χ1) is 18.2. The van der Waals surface area contributed by atoms with Crippen molar-refractivity contribution in [3.05, 3.63) is 77.8 Å². The van der Waals surface area contributed by atoms with E-state index in [0.29, 0.717) is 13.1 Å². The molecule has 1 unspecified atom stereocenters. The highest BCUT2D eigenvalue weighted by Gasteiger charge is 2.33. The molecule has 2 aliphatic heterocycles. The number of para-hydroxylation sites is 1. The molecule has 0 radical (unpaired) electrons. The summed E-state index contributed by atoms with van der Waals surface area (Å²) in [4.78, 5) is 18.3. The van der Waals surface area contributed by atoms with Gasteiger partial charge in [0, 0.05) is 31.4 Å². The second-order valence-electron chi connectivity index (χ2n) is 9.71. The predicted octanol–water partition coefficient (Wildman–Crippen LogP) is 4.87. The number of hydrogen-bond acceptors (Lipinski definition) is 6. The van der Waals surface area contributed by atoms with Crippen LogP contribution in [0, 0.1) is 34.7 Å². The van der Waals surface area contributed by atoms with Crippen LogP contribution in [0.4, 0.5) is 18.9 Å². The van der Waals surface area contributed by atoms with Crippen molar-refractivity contribution < 1.29 is 22.7 Å². The highest BCUT2D eigenvalue weighted by atomic mass is 19.1. The summed E-state index contributed by atoms with van der Waals surface area (Å²) in [5.41, 5.74) is 6.58. The van der Waals surface area contributed by atoms with E-state index < -0.39 is 29.4 Å². The van der Waals surface area contributed by atoms with Crippen molar-refractivity contribution in [2.75, 3.05) is 24.7 Å². The van der Waals surface area contributed by atoms with E-state index in [4.69, 9.17) is 10.5 Å². The largest absolute Gasteiger partial charge is 0.451 e. The minimum atomic E-state index is -0.894. The molecule has 38 heavy (non-hydrogen) atoms. The van der Waals surface area contributed by atoms with E-state index in [1.54, 1.807) is 22.0 Å². The molecule has 0 bridgehead atoms. The summed E-state index contributed by atoms with van der Waals surface area (Å²) in [5.74, 6) is -3.32. The van der Waals surface area contributed by atoms with Gasteiger partial charge in [0.15, 0.2) is 17.4 Å². The molecule has 2 atom stereocenters. The van der Waals surface area contributed by atoms with Gasteiger partial charge in [-0.25, -0.2) is 13.2 Å². The first-order valence-corrected chi connectivity index (χ1v) is 12.5. The Morgan fingerprint density at radius 1 is 1.21 bits per heavy atom. The van der Waals surface area contributed by atoms with Gasteiger partial charge >= 0.3 is 0 Å². The van der Waals surface area contributed by atoms with Crippen LogP contribution in [0.2, 0.25) is 0 Å². The van der Waals surface area contributed by atoms with Gasteiger partial charge in [-0.2, -0.15) is 5.26 Å². The van der Waals surface area contributed by atoms with Crippen LogP contribution < -0.4 is 15.4 Å². The number of nitriles is 1. The molecule has 0 spiro atoms. The minimum absolute atomic E-state index is 0.0592. The average Bonchev–Trinajstić information content (AvgIpc) is 3.34. The van der Waals surface area contributed by atoms with Gasteiger partial charge < -0.3 is 25.2 Å². The summed E-state index contributed by atoms with van der Waals surface area (Å²) < 4.78 is 48.3. The van der Waals surface area contributed by atoms with Crippen molar-refractivity contribution in [1.29, 1.82) is 5.26 Å². The normalized spacial score (nSPS) is 19.7. The number of nitrogens with zero attached hydrogens (tertiary/aromatic N) is 4. The second-order valence-corrected chi connectivity index (χ2v) is 9.71. The number of likely N-dealkylation sites (tertiary alicyclic amines) is 1. The fourth-order valence-electron chi connectivity index (χ4n) is 4.70. The van der Waals surface area contributed by atoms with Gasteiger partial charge in [0.25, 0.3) is 5.91 Å². The van der Waals surface area contributed by atoms with Crippen molar-refractivity contribution in [2.45, 2.75) is 38.9 Å². The van der Waals surface area contributed by atoms with Crippen molar-refractivity contribution in [2.24, 2.45) is 11.7 Å². The summed E-state index contributed by atoms with van der Waals surface area (Å²) in [6.45, 7) is 5.14. The van der Waals surface area contributed by atoms with Crippen LogP contribution in [0.3, 0.4) is 0 Å². The van der Waals surface area contributed by atoms with Crippen LogP contribution in [0.5, 0.6) is 11.5 Å². The smallest absolute Gasteiger partial charge is 0.264 e. The molecule has 1 saturated heterocycles. The number of halogens is 3. The summed E-state index contributed by atoms with van der Waals surface area (Å²) >= 11 is 0. The first kappa shape index (κ1) is 27.1. The lowest BCUT2D eigenvalue weighted by Crippen LogP contribution is -2.52. The highest BCUT2D eigenvalue weighted by molar-refractivity contribution is 5.97. The van der Waals surface area contributed by atoms with Crippen LogP contribution in [0.25, 0.3) is 0 Å². The molecule has 2 aromatic carbocycles. The zero-order valence-corrected chi connectivity index (χ0v) is 21.3. The van der Waals surface area contributed by atoms with Crippen molar-refractivity contribution in [1.82, 2.24) is 9.80 Å². The molecule has 2 aliphatic rings. The van der Waals surface area contributed by atoms with Gasteiger partial charge in [0.2, 0.25) is 0 Å². The molecule has 2 N–H and O–H groups in total. The first-order valence-electron chi connectivity index (χ1n) is 12.5. The Hall–Kier alpha value is -3.97. The third-order valence-corrected chi connectivity index (χ3v) is 6.49. The topological polar surface area (TPSA) is 85.8 Å². The van der Waals surface area contributed by atoms with Crippen LogP contribution in [-0.4, -0.2) is 47.7 Å². The van der Waals surface area contributed by atoms with Crippen LogP contribution in [0.15, 0.2) is 60.3 Å². The Labute approximate surface area is 220 Å².